The van der Waals surface area contributed by atoms with E-state index in [2.05, 4.69) is 21.5 Å². The zero-order valence-corrected chi connectivity index (χ0v) is 12.4. The van der Waals surface area contributed by atoms with Crippen LogP contribution in [0.3, 0.4) is 0 Å². The minimum absolute atomic E-state index is 0.0818. The number of aromatic nitrogens is 2. The molecular formula is C16H14N6O. The molecule has 1 aromatic carbocycles. The van der Waals surface area contributed by atoms with Crippen LogP contribution in [0.15, 0.2) is 30.5 Å². The van der Waals surface area contributed by atoms with Gasteiger partial charge in [0.15, 0.2) is 12.0 Å². The quantitative estimate of drug-likeness (QED) is 0.849. The summed E-state index contributed by atoms with van der Waals surface area (Å²) in [6, 6.07) is 7.56. The highest BCUT2D eigenvalue weighted by Crippen LogP contribution is 2.26. The Kier molecular flexibility index (Phi) is 3.08. The number of amides is 2. The molecule has 2 aliphatic rings. The minimum atomic E-state index is -0.0818. The van der Waals surface area contributed by atoms with Crippen LogP contribution in [-0.4, -0.2) is 34.0 Å². The summed E-state index contributed by atoms with van der Waals surface area (Å²) in [6.07, 6.45) is 3.92. The van der Waals surface area contributed by atoms with E-state index in [-0.39, 0.29) is 6.03 Å². The highest BCUT2D eigenvalue weighted by molar-refractivity contribution is 5.94. The smallest absolute Gasteiger partial charge is 0.321 e. The zero-order chi connectivity index (χ0) is 15.8. The highest BCUT2D eigenvalue weighted by atomic mass is 16.2. The predicted molar refractivity (Wildman–Crippen MR) is 83.1 cm³/mol. The first-order valence-corrected chi connectivity index (χ1v) is 7.40. The van der Waals surface area contributed by atoms with E-state index in [1.54, 1.807) is 16.0 Å². The predicted octanol–water partition coefficient (Wildman–Crippen LogP) is 1.47. The fourth-order valence-corrected chi connectivity index (χ4v) is 2.89. The van der Waals surface area contributed by atoms with Gasteiger partial charge in [-0.3, -0.25) is 4.90 Å². The number of rotatable bonds is 2. The van der Waals surface area contributed by atoms with E-state index in [9.17, 15) is 4.79 Å². The van der Waals surface area contributed by atoms with E-state index in [0.717, 1.165) is 22.5 Å². The van der Waals surface area contributed by atoms with Gasteiger partial charge < -0.3 is 10.2 Å². The van der Waals surface area contributed by atoms with Gasteiger partial charge in [-0.1, -0.05) is 12.1 Å². The Morgan fingerprint density at radius 3 is 3.00 bits per heavy atom. The first-order valence-electron chi connectivity index (χ1n) is 7.40. The van der Waals surface area contributed by atoms with Gasteiger partial charge in [0.1, 0.15) is 0 Å². The third kappa shape index (κ3) is 2.34. The summed E-state index contributed by atoms with van der Waals surface area (Å²) in [4.78, 5) is 24.1. The van der Waals surface area contributed by atoms with Crippen molar-refractivity contribution in [3.8, 4) is 17.6 Å². The number of anilines is 1. The molecule has 1 aromatic heterocycles. The second-order valence-corrected chi connectivity index (χ2v) is 5.56. The Labute approximate surface area is 133 Å². The zero-order valence-electron chi connectivity index (χ0n) is 12.4. The van der Waals surface area contributed by atoms with Gasteiger partial charge in [0.05, 0.1) is 18.8 Å². The molecule has 0 saturated carbocycles. The van der Waals surface area contributed by atoms with Crippen molar-refractivity contribution in [2.24, 2.45) is 0 Å². The molecule has 0 bridgehead atoms. The summed E-state index contributed by atoms with van der Waals surface area (Å²) in [7, 11) is 0. The van der Waals surface area contributed by atoms with Gasteiger partial charge >= 0.3 is 6.03 Å². The topological polar surface area (TPSA) is 85.2 Å². The Balaban J connectivity index is 1.67. The second kappa shape index (κ2) is 5.25. The lowest BCUT2D eigenvalue weighted by Crippen LogP contribution is -2.27. The fourth-order valence-electron chi connectivity index (χ4n) is 2.89. The first kappa shape index (κ1) is 13.5. The number of fused-ring (bicyclic) bond motifs is 1. The van der Waals surface area contributed by atoms with Crippen molar-refractivity contribution in [3.05, 3.63) is 41.7 Å². The number of hydrogen-bond donors (Lipinski definition) is 1. The maximum atomic E-state index is 11.8. The normalized spacial score (nSPS) is 16.2. The van der Waals surface area contributed by atoms with Crippen LogP contribution in [0.5, 0.6) is 0 Å². The summed E-state index contributed by atoms with van der Waals surface area (Å²) in [6.45, 7) is 2.41. The van der Waals surface area contributed by atoms with E-state index in [0.29, 0.717) is 32.0 Å². The molecule has 4 rings (SSSR count). The number of nitrogens with one attached hydrogen (secondary N) is 1. The van der Waals surface area contributed by atoms with Crippen LogP contribution in [0.25, 0.3) is 11.4 Å². The number of benzene rings is 1. The Hall–Kier alpha value is -3.14. The molecule has 0 radical (unpaired) electrons. The number of carbonyl (C=O) groups excluding carboxylic acids is 1. The van der Waals surface area contributed by atoms with Crippen molar-refractivity contribution in [2.45, 2.75) is 13.1 Å². The lowest BCUT2D eigenvalue weighted by Gasteiger charge is -2.15. The van der Waals surface area contributed by atoms with Gasteiger partial charge in [-0.25, -0.2) is 14.8 Å². The molecule has 23 heavy (non-hydrogen) atoms. The molecule has 0 aliphatic carbocycles. The number of nitrogens with zero attached hydrogens (tertiary/aromatic N) is 5. The lowest BCUT2D eigenvalue weighted by molar-refractivity contribution is 0.252. The van der Waals surface area contributed by atoms with Crippen LogP contribution in [0.2, 0.25) is 0 Å². The molecule has 1 fully saturated rings. The van der Waals surface area contributed by atoms with Crippen LogP contribution in [0.1, 0.15) is 11.3 Å². The minimum Gasteiger partial charge on any atom is -0.336 e. The van der Waals surface area contributed by atoms with E-state index in [1.165, 1.54) is 0 Å². The van der Waals surface area contributed by atoms with E-state index < -0.39 is 0 Å². The molecule has 0 unspecified atom stereocenters. The van der Waals surface area contributed by atoms with Crippen LogP contribution < -0.4 is 10.2 Å². The van der Waals surface area contributed by atoms with Gasteiger partial charge in [-0.15, -0.1) is 0 Å². The number of nitriles is 1. The molecule has 0 atom stereocenters. The molecule has 7 nitrogen and oxygen atoms in total. The van der Waals surface area contributed by atoms with Crippen LogP contribution in [0, 0.1) is 11.5 Å². The van der Waals surface area contributed by atoms with Crippen molar-refractivity contribution < 1.29 is 4.79 Å². The van der Waals surface area contributed by atoms with Gasteiger partial charge in [0.25, 0.3) is 0 Å². The number of hydrogen-bond acceptors (Lipinski definition) is 5. The standard InChI is InChI=1S/C16H14N6O/c17-10-21-8-12-7-19-15(20-14(12)9-21)11-2-1-3-13(6-11)22-5-4-18-16(22)23/h1-3,6-7H,4-5,8-9H2,(H,18,23). The molecule has 1 N–H and O–H groups in total. The van der Waals surface area contributed by atoms with E-state index in [1.807, 2.05) is 24.3 Å². The molecule has 3 heterocycles. The molecule has 7 heteroatoms. The summed E-state index contributed by atoms with van der Waals surface area (Å²) >= 11 is 0. The fraction of sp³-hybridized carbons (Fsp3) is 0.250. The SMILES string of the molecule is N#CN1Cc2cnc(-c3cccc(N4CCNC4=O)c3)nc2C1. The van der Waals surface area contributed by atoms with Crippen molar-refractivity contribution in [1.82, 2.24) is 20.2 Å². The van der Waals surface area contributed by atoms with Gasteiger partial charge in [0, 0.05) is 36.1 Å². The van der Waals surface area contributed by atoms with Crippen LogP contribution >= 0.6 is 0 Å². The Morgan fingerprint density at radius 1 is 1.30 bits per heavy atom. The molecule has 2 aliphatic heterocycles. The summed E-state index contributed by atoms with van der Waals surface area (Å²) in [5.74, 6) is 0.616. The van der Waals surface area contributed by atoms with E-state index in [4.69, 9.17) is 5.26 Å². The number of urea groups is 1. The average Bonchev–Trinajstić information content (AvgIpc) is 3.19. The average molecular weight is 306 g/mol. The summed E-state index contributed by atoms with van der Waals surface area (Å²) in [5, 5.41) is 11.8. The van der Waals surface area contributed by atoms with Crippen molar-refractivity contribution >= 4 is 11.7 Å². The highest BCUT2D eigenvalue weighted by Gasteiger charge is 2.23. The monoisotopic (exact) mass is 306 g/mol. The number of carbonyl (C=O) groups is 1. The van der Waals surface area contributed by atoms with Crippen LogP contribution in [-0.2, 0) is 13.1 Å². The van der Waals surface area contributed by atoms with Gasteiger partial charge in [-0.2, -0.15) is 5.26 Å². The van der Waals surface area contributed by atoms with E-state index >= 15 is 0 Å². The second-order valence-electron chi connectivity index (χ2n) is 5.56. The van der Waals surface area contributed by atoms with Gasteiger partial charge in [0.2, 0.25) is 0 Å². The summed E-state index contributed by atoms with van der Waals surface area (Å²) in [5.41, 5.74) is 3.58. The Morgan fingerprint density at radius 2 is 2.22 bits per heavy atom. The maximum Gasteiger partial charge on any atom is 0.321 e. The molecule has 1 saturated heterocycles. The molecule has 0 spiro atoms. The van der Waals surface area contributed by atoms with Crippen molar-refractivity contribution in [3.63, 3.8) is 0 Å². The van der Waals surface area contributed by atoms with Crippen molar-refractivity contribution in [1.29, 1.82) is 5.26 Å². The van der Waals surface area contributed by atoms with Crippen molar-refractivity contribution in [2.75, 3.05) is 18.0 Å². The van der Waals surface area contributed by atoms with Crippen LogP contribution in [0.4, 0.5) is 10.5 Å². The summed E-state index contributed by atoms with van der Waals surface area (Å²) < 4.78 is 0. The molecule has 2 amide bonds. The van der Waals surface area contributed by atoms with Gasteiger partial charge in [-0.05, 0) is 12.1 Å². The lowest BCUT2D eigenvalue weighted by atomic mass is 10.1. The third-order valence-electron chi connectivity index (χ3n) is 4.07. The molecule has 114 valence electrons. The first-order chi connectivity index (χ1) is 11.2. The molecular weight excluding hydrogens is 292 g/mol. The Bertz CT molecular complexity index is 828. The molecule has 2 aromatic rings. The third-order valence-corrected chi connectivity index (χ3v) is 4.07. The maximum absolute atomic E-state index is 11.8. The largest absolute Gasteiger partial charge is 0.336 e.